The largest absolute Gasteiger partial charge is 0.333 e. The molecule has 0 fully saturated rings. The Morgan fingerprint density at radius 2 is 2.17 bits per heavy atom. The number of carbonyl (C=O) groups excluding carboxylic acids is 1. The Morgan fingerprint density at radius 1 is 1.67 bits per heavy atom. The van der Waals surface area contributed by atoms with E-state index in [1.807, 2.05) is 13.8 Å². The molecule has 0 bridgehead atoms. The highest BCUT2D eigenvalue weighted by molar-refractivity contribution is 5.81. The summed E-state index contributed by atoms with van der Waals surface area (Å²) in [6.45, 7) is 4.14. The van der Waals surface area contributed by atoms with Crippen LogP contribution in [0.25, 0.3) is 0 Å². The number of amides is 1. The van der Waals surface area contributed by atoms with E-state index in [4.69, 9.17) is 12.2 Å². The van der Waals surface area contributed by atoms with Crippen molar-refractivity contribution in [1.82, 2.24) is 4.90 Å². The third-order valence-electron chi connectivity index (χ3n) is 1.71. The molecule has 0 spiro atoms. The van der Waals surface area contributed by atoms with E-state index in [2.05, 4.69) is 5.92 Å². The van der Waals surface area contributed by atoms with Crippen LogP contribution >= 0.6 is 0 Å². The predicted octanol–water partition coefficient (Wildman–Crippen LogP) is 0.0613. The first-order valence-corrected chi connectivity index (χ1v) is 3.94. The lowest BCUT2D eigenvalue weighted by molar-refractivity contribution is -0.131. The van der Waals surface area contributed by atoms with E-state index in [-0.39, 0.29) is 11.8 Å². The van der Waals surface area contributed by atoms with Crippen LogP contribution in [-0.2, 0) is 4.79 Å². The van der Waals surface area contributed by atoms with Gasteiger partial charge in [0.15, 0.2) is 0 Å². The second-order valence-corrected chi connectivity index (χ2v) is 3.17. The quantitative estimate of drug-likeness (QED) is 0.606. The van der Waals surface area contributed by atoms with E-state index in [1.54, 1.807) is 7.05 Å². The van der Waals surface area contributed by atoms with Gasteiger partial charge in [-0.3, -0.25) is 4.79 Å². The van der Waals surface area contributed by atoms with E-state index in [1.165, 1.54) is 4.90 Å². The number of nitrogens with zero attached hydrogens (tertiary/aromatic N) is 1. The summed E-state index contributed by atoms with van der Waals surface area (Å²) in [6, 6.07) is -0.441. The second kappa shape index (κ2) is 4.78. The van der Waals surface area contributed by atoms with Crippen molar-refractivity contribution in [2.75, 3.05) is 13.6 Å². The minimum atomic E-state index is -0.441. The monoisotopic (exact) mass is 168 g/mol. The van der Waals surface area contributed by atoms with Crippen LogP contribution < -0.4 is 5.73 Å². The molecule has 0 aliphatic rings. The van der Waals surface area contributed by atoms with Crippen LogP contribution in [0.2, 0.25) is 0 Å². The summed E-state index contributed by atoms with van der Waals surface area (Å²) < 4.78 is 0. The zero-order valence-corrected chi connectivity index (χ0v) is 7.87. The number of likely N-dealkylation sites (N-methyl/N-ethyl adjacent to an activating group) is 1. The molecule has 2 N–H and O–H groups in total. The van der Waals surface area contributed by atoms with Gasteiger partial charge < -0.3 is 10.6 Å². The molecular weight excluding hydrogens is 152 g/mol. The van der Waals surface area contributed by atoms with Crippen molar-refractivity contribution in [3.63, 3.8) is 0 Å². The first kappa shape index (κ1) is 11.0. The molecule has 3 nitrogen and oxygen atoms in total. The standard InChI is InChI=1S/C9H16N2O/c1-5-6-11(4)9(12)8(10)7(2)3/h1,7-8H,6,10H2,2-4H3/t8-/m1/s1. The Labute approximate surface area is 73.9 Å². The minimum absolute atomic E-state index is 0.0945. The summed E-state index contributed by atoms with van der Waals surface area (Å²) >= 11 is 0. The highest BCUT2D eigenvalue weighted by Gasteiger charge is 2.19. The molecule has 0 heterocycles. The van der Waals surface area contributed by atoms with E-state index in [0.717, 1.165) is 0 Å². The highest BCUT2D eigenvalue weighted by Crippen LogP contribution is 2.01. The van der Waals surface area contributed by atoms with Crippen molar-refractivity contribution in [1.29, 1.82) is 0 Å². The second-order valence-electron chi connectivity index (χ2n) is 3.17. The van der Waals surface area contributed by atoms with E-state index in [9.17, 15) is 4.79 Å². The van der Waals surface area contributed by atoms with Crippen molar-refractivity contribution >= 4 is 5.91 Å². The number of carbonyl (C=O) groups is 1. The first-order chi connectivity index (χ1) is 5.50. The lowest BCUT2D eigenvalue weighted by Gasteiger charge is -2.21. The van der Waals surface area contributed by atoms with Gasteiger partial charge in [0.25, 0.3) is 0 Å². The van der Waals surface area contributed by atoms with Gasteiger partial charge in [-0.1, -0.05) is 19.8 Å². The number of terminal acetylenes is 1. The lowest BCUT2D eigenvalue weighted by Crippen LogP contribution is -2.44. The summed E-state index contributed by atoms with van der Waals surface area (Å²) in [6.07, 6.45) is 5.06. The first-order valence-electron chi connectivity index (χ1n) is 3.94. The molecule has 0 saturated heterocycles. The van der Waals surface area contributed by atoms with Crippen LogP contribution in [0.5, 0.6) is 0 Å². The summed E-state index contributed by atoms with van der Waals surface area (Å²) in [7, 11) is 1.66. The van der Waals surface area contributed by atoms with E-state index in [0.29, 0.717) is 6.54 Å². The van der Waals surface area contributed by atoms with Gasteiger partial charge in [-0.05, 0) is 5.92 Å². The molecule has 0 radical (unpaired) electrons. The molecule has 0 aliphatic heterocycles. The van der Waals surface area contributed by atoms with Gasteiger partial charge in [-0.15, -0.1) is 6.42 Å². The molecule has 0 rings (SSSR count). The van der Waals surface area contributed by atoms with Gasteiger partial charge in [0, 0.05) is 7.05 Å². The third kappa shape index (κ3) is 2.93. The maximum absolute atomic E-state index is 11.4. The molecule has 1 amide bonds. The maximum Gasteiger partial charge on any atom is 0.240 e. The summed E-state index contributed by atoms with van der Waals surface area (Å²) in [5.41, 5.74) is 5.63. The topological polar surface area (TPSA) is 46.3 Å². The maximum atomic E-state index is 11.4. The van der Waals surface area contributed by atoms with Gasteiger partial charge >= 0.3 is 0 Å². The molecule has 0 aromatic heterocycles. The van der Waals surface area contributed by atoms with Crippen LogP contribution in [-0.4, -0.2) is 30.4 Å². The molecule has 1 atom stereocenters. The fourth-order valence-corrected chi connectivity index (χ4v) is 0.754. The van der Waals surface area contributed by atoms with E-state index >= 15 is 0 Å². The summed E-state index contributed by atoms with van der Waals surface area (Å²) in [5, 5.41) is 0. The Bertz CT molecular complexity index is 193. The zero-order valence-electron chi connectivity index (χ0n) is 7.87. The third-order valence-corrected chi connectivity index (χ3v) is 1.71. The molecule has 3 heteroatoms. The van der Waals surface area contributed by atoms with Crippen LogP contribution in [0.4, 0.5) is 0 Å². The number of nitrogens with two attached hydrogens (primary N) is 1. The van der Waals surface area contributed by atoms with Crippen molar-refractivity contribution in [3.8, 4) is 12.3 Å². The number of hydrogen-bond acceptors (Lipinski definition) is 2. The Hall–Kier alpha value is -1.01. The van der Waals surface area contributed by atoms with Crippen LogP contribution in [0, 0.1) is 18.3 Å². The number of rotatable bonds is 3. The van der Waals surface area contributed by atoms with Gasteiger partial charge in [0.1, 0.15) is 0 Å². The molecular formula is C9H16N2O. The Kier molecular flexibility index (Phi) is 4.38. The molecule has 12 heavy (non-hydrogen) atoms. The van der Waals surface area contributed by atoms with Gasteiger partial charge in [-0.25, -0.2) is 0 Å². The molecule has 0 aliphatic carbocycles. The van der Waals surface area contributed by atoms with Gasteiger partial charge in [0.05, 0.1) is 12.6 Å². The van der Waals surface area contributed by atoms with Crippen molar-refractivity contribution in [2.45, 2.75) is 19.9 Å². The normalized spacial score (nSPS) is 12.3. The van der Waals surface area contributed by atoms with Crippen LogP contribution in [0.15, 0.2) is 0 Å². The lowest BCUT2D eigenvalue weighted by atomic mass is 10.0. The molecule has 0 saturated carbocycles. The smallest absolute Gasteiger partial charge is 0.240 e. The van der Waals surface area contributed by atoms with Gasteiger partial charge in [-0.2, -0.15) is 0 Å². The molecule has 0 aromatic rings. The summed E-state index contributed by atoms with van der Waals surface area (Å²) in [4.78, 5) is 12.8. The molecule has 0 unspecified atom stereocenters. The average molecular weight is 168 g/mol. The van der Waals surface area contributed by atoms with Crippen LogP contribution in [0.1, 0.15) is 13.8 Å². The Balaban J connectivity index is 4.11. The molecule has 68 valence electrons. The van der Waals surface area contributed by atoms with E-state index < -0.39 is 6.04 Å². The summed E-state index contributed by atoms with van der Waals surface area (Å²) in [5.74, 6) is 2.45. The minimum Gasteiger partial charge on any atom is -0.333 e. The fraction of sp³-hybridized carbons (Fsp3) is 0.667. The van der Waals surface area contributed by atoms with Crippen LogP contribution in [0.3, 0.4) is 0 Å². The zero-order chi connectivity index (χ0) is 9.72. The average Bonchev–Trinajstić information content (AvgIpc) is 2.02. The van der Waals surface area contributed by atoms with Crippen molar-refractivity contribution < 1.29 is 4.79 Å². The van der Waals surface area contributed by atoms with Gasteiger partial charge in [0.2, 0.25) is 5.91 Å². The predicted molar refractivity (Wildman–Crippen MR) is 49.3 cm³/mol. The fourth-order valence-electron chi connectivity index (χ4n) is 0.754. The highest BCUT2D eigenvalue weighted by atomic mass is 16.2. The Morgan fingerprint density at radius 3 is 2.50 bits per heavy atom. The van der Waals surface area contributed by atoms with Crippen molar-refractivity contribution in [3.05, 3.63) is 0 Å². The number of hydrogen-bond donors (Lipinski definition) is 1. The molecule has 0 aromatic carbocycles. The SMILES string of the molecule is C#CCN(C)C(=O)[C@H](N)C(C)C. The van der Waals surface area contributed by atoms with Crippen molar-refractivity contribution in [2.24, 2.45) is 11.7 Å².